The monoisotopic (exact) mass is 319 g/mol. The first kappa shape index (κ1) is 17.6. The maximum atomic E-state index is 12.1. The van der Waals surface area contributed by atoms with Crippen LogP contribution in [0.15, 0.2) is 16.3 Å². The van der Waals surface area contributed by atoms with Crippen LogP contribution in [-0.2, 0) is 16.4 Å². The Morgan fingerprint density at radius 1 is 1.20 bits per heavy atom. The fourth-order valence-corrected chi connectivity index (χ4v) is 4.26. The van der Waals surface area contributed by atoms with Crippen LogP contribution in [0.1, 0.15) is 18.7 Å². The van der Waals surface area contributed by atoms with Gasteiger partial charge in [0.15, 0.2) is 0 Å². The van der Waals surface area contributed by atoms with E-state index >= 15 is 0 Å². The molecule has 0 aliphatic carbocycles. The van der Waals surface area contributed by atoms with Crippen LogP contribution >= 0.6 is 11.3 Å². The maximum Gasteiger partial charge on any atom is 0.250 e. The zero-order chi connectivity index (χ0) is 15.0. The molecule has 0 amide bonds. The van der Waals surface area contributed by atoms with Crippen LogP contribution in [0.25, 0.3) is 0 Å². The highest BCUT2D eigenvalue weighted by atomic mass is 32.2. The summed E-state index contributed by atoms with van der Waals surface area (Å²) < 4.78 is 27.4. The van der Waals surface area contributed by atoms with E-state index < -0.39 is 10.0 Å². The molecule has 0 saturated carbocycles. The highest BCUT2D eigenvalue weighted by Crippen LogP contribution is 2.21. The molecule has 0 atom stereocenters. The second-order valence-electron chi connectivity index (χ2n) is 4.50. The van der Waals surface area contributed by atoms with E-state index in [1.807, 2.05) is 13.1 Å². The Balaban J connectivity index is 2.53. The fourth-order valence-electron chi connectivity index (χ4n) is 1.83. The third kappa shape index (κ3) is 5.49. The minimum atomic E-state index is -3.36. The van der Waals surface area contributed by atoms with Crippen molar-refractivity contribution < 1.29 is 8.42 Å². The van der Waals surface area contributed by atoms with Crippen molar-refractivity contribution in [3.05, 3.63) is 17.0 Å². The predicted molar refractivity (Wildman–Crippen MR) is 84.9 cm³/mol. The van der Waals surface area contributed by atoms with E-state index in [2.05, 4.69) is 28.8 Å². The Hall–Kier alpha value is -0.470. The van der Waals surface area contributed by atoms with Crippen molar-refractivity contribution in [1.29, 1.82) is 0 Å². The Morgan fingerprint density at radius 3 is 2.50 bits per heavy atom. The third-order valence-electron chi connectivity index (χ3n) is 3.14. The van der Waals surface area contributed by atoms with Gasteiger partial charge in [-0.3, -0.25) is 0 Å². The van der Waals surface area contributed by atoms with E-state index in [4.69, 9.17) is 0 Å². The Kier molecular flexibility index (Phi) is 7.68. The van der Waals surface area contributed by atoms with Gasteiger partial charge in [-0.15, -0.1) is 11.3 Å². The van der Waals surface area contributed by atoms with Gasteiger partial charge in [0, 0.05) is 18.0 Å². The van der Waals surface area contributed by atoms with Crippen LogP contribution in [0, 0.1) is 0 Å². The molecule has 0 unspecified atom stereocenters. The van der Waals surface area contributed by atoms with Crippen molar-refractivity contribution in [3.63, 3.8) is 0 Å². The summed E-state index contributed by atoms with van der Waals surface area (Å²) in [5.74, 6) is 0. The molecule has 1 aromatic heterocycles. The van der Waals surface area contributed by atoms with Crippen LogP contribution in [0.5, 0.6) is 0 Å². The van der Waals surface area contributed by atoms with Crippen LogP contribution in [0.2, 0.25) is 0 Å². The maximum absolute atomic E-state index is 12.1. The van der Waals surface area contributed by atoms with Crippen LogP contribution in [0.4, 0.5) is 0 Å². The first-order valence-corrected chi connectivity index (χ1v) is 9.28. The molecule has 20 heavy (non-hydrogen) atoms. The molecular weight excluding hydrogens is 294 g/mol. The Bertz CT molecular complexity index is 482. The van der Waals surface area contributed by atoms with Gasteiger partial charge in [-0.2, -0.15) is 0 Å². The second-order valence-corrected chi connectivity index (χ2v) is 7.66. The first-order valence-electron chi connectivity index (χ1n) is 6.98. The molecule has 1 heterocycles. The fraction of sp³-hybridized carbons (Fsp3) is 0.692. The minimum Gasteiger partial charge on any atom is -0.319 e. The van der Waals surface area contributed by atoms with Crippen molar-refractivity contribution in [2.45, 2.75) is 24.5 Å². The van der Waals surface area contributed by atoms with Gasteiger partial charge in [-0.25, -0.2) is 13.1 Å². The largest absolute Gasteiger partial charge is 0.319 e. The lowest BCUT2D eigenvalue weighted by molar-refractivity contribution is 0.309. The summed E-state index contributed by atoms with van der Waals surface area (Å²) in [6.07, 6.45) is 0.857. The van der Waals surface area contributed by atoms with E-state index in [9.17, 15) is 8.42 Å². The molecular formula is C13H25N3O2S2. The molecule has 2 N–H and O–H groups in total. The number of nitrogens with zero attached hydrogens (tertiary/aromatic N) is 1. The molecule has 116 valence electrons. The average molecular weight is 319 g/mol. The van der Waals surface area contributed by atoms with E-state index in [1.165, 1.54) is 11.3 Å². The summed E-state index contributed by atoms with van der Waals surface area (Å²) in [6, 6.07) is 3.58. The van der Waals surface area contributed by atoms with Gasteiger partial charge < -0.3 is 10.2 Å². The number of nitrogens with one attached hydrogen (secondary N) is 2. The standard InChI is InChI=1S/C13H25N3O2S2/c1-4-16(5-2)11-10-15-20(17,18)13-7-6-12(19-13)8-9-14-3/h6-7,14-15H,4-5,8-11H2,1-3H3. The molecule has 0 aliphatic heterocycles. The number of sulfonamides is 1. The van der Waals surface area contributed by atoms with Crippen molar-refractivity contribution in [1.82, 2.24) is 14.9 Å². The smallest absolute Gasteiger partial charge is 0.250 e. The van der Waals surface area contributed by atoms with E-state index in [0.29, 0.717) is 10.8 Å². The zero-order valence-electron chi connectivity index (χ0n) is 12.5. The summed E-state index contributed by atoms with van der Waals surface area (Å²) in [6.45, 7) is 8.07. The third-order valence-corrected chi connectivity index (χ3v) is 6.24. The van der Waals surface area contributed by atoms with Gasteiger partial charge in [0.25, 0.3) is 0 Å². The molecule has 1 rings (SSSR count). The van der Waals surface area contributed by atoms with Gasteiger partial charge in [-0.1, -0.05) is 13.8 Å². The quantitative estimate of drug-likeness (QED) is 0.679. The molecule has 0 spiro atoms. The Morgan fingerprint density at radius 2 is 1.90 bits per heavy atom. The predicted octanol–water partition coefficient (Wildman–Crippen LogP) is 1.13. The molecule has 0 fully saturated rings. The molecule has 0 aromatic carbocycles. The van der Waals surface area contributed by atoms with Gasteiger partial charge in [0.1, 0.15) is 4.21 Å². The summed E-state index contributed by atoms with van der Waals surface area (Å²) >= 11 is 1.35. The first-order chi connectivity index (χ1) is 9.53. The van der Waals surface area contributed by atoms with Crippen molar-refractivity contribution in [2.75, 3.05) is 39.8 Å². The topological polar surface area (TPSA) is 61.4 Å². The van der Waals surface area contributed by atoms with Gasteiger partial charge in [-0.05, 0) is 45.2 Å². The summed E-state index contributed by atoms with van der Waals surface area (Å²) in [5, 5.41) is 3.06. The van der Waals surface area contributed by atoms with Gasteiger partial charge >= 0.3 is 0 Å². The molecule has 7 heteroatoms. The molecule has 0 saturated heterocycles. The molecule has 0 bridgehead atoms. The summed E-state index contributed by atoms with van der Waals surface area (Å²) in [5.41, 5.74) is 0. The lowest BCUT2D eigenvalue weighted by atomic mass is 10.3. The highest BCUT2D eigenvalue weighted by Gasteiger charge is 2.16. The number of hydrogen-bond donors (Lipinski definition) is 2. The lowest BCUT2D eigenvalue weighted by Crippen LogP contribution is -2.34. The van der Waals surface area contributed by atoms with Crippen molar-refractivity contribution in [3.8, 4) is 0 Å². The summed E-state index contributed by atoms with van der Waals surface area (Å²) in [7, 11) is -1.47. The van der Waals surface area contributed by atoms with Crippen molar-refractivity contribution >= 4 is 21.4 Å². The number of rotatable bonds is 10. The SMILES string of the molecule is CCN(CC)CCNS(=O)(=O)c1ccc(CCNC)s1. The molecule has 0 radical (unpaired) electrons. The average Bonchev–Trinajstić information content (AvgIpc) is 2.91. The van der Waals surface area contributed by atoms with E-state index in [0.717, 1.165) is 37.5 Å². The molecule has 1 aromatic rings. The van der Waals surface area contributed by atoms with Crippen molar-refractivity contribution in [2.24, 2.45) is 0 Å². The molecule has 5 nitrogen and oxygen atoms in total. The van der Waals surface area contributed by atoms with Gasteiger partial charge in [0.05, 0.1) is 0 Å². The zero-order valence-corrected chi connectivity index (χ0v) is 14.1. The minimum absolute atomic E-state index is 0.406. The van der Waals surface area contributed by atoms with Crippen LogP contribution in [-0.4, -0.2) is 53.1 Å². The van der Waals surface area contributed by atoms with Crippen LogP contribution < -0.4 is 10.0 Å². The Labute approximate surface area is 126 Å². The normalized spacial score (nSPS) is 12.2. The lowest BCUT2D eigenvalue weighted by Gasteiger charge is -2.17. The second kappa shape index (κ2) is 8.74. The molecule has 0 aliphatic rings. The number of thiophene rings is 1. The number of likely N-dealkylation sites (N-methyl/N-ethyl adjacent to an activating group) is 2. The summed E-state index contributed by atoms with van der Waals surface area (Å²) in [4.78, 5) is 3.28. The highest BCUT2D eigenvalue weighted by molar-refractivity contribution is 7.91. The number of hydrogen-bond acceptors (Lipinski definition) is 5. The van der Waals surface area contributed by atoms with E-state index in [1.54, 1.807) is 6.07 Å². The van der Waals surface area contributed by atoms with Gasteiger partial charge in [0.2, 0.25) is 10.0 Å². The van der Waals surface area contributed by atoms with Crippen LogP contribution in [0.3, 0.4) is 0 Å². The van der Waals surface area contributed by atoms with E-state index in [-0.39, 0.29) is 0 Å².